The Morgan fingerprint density at radius 2 is 2.23 bits per heavy atom. The van der Waals surface area contributed by atoms with Gasteiger partial charge in [0.25, 0.3) is 0 Å². The molecule has 1 aliphatic heterocycles. The SMILES string of the molecule is CCC(CC)C(=O)NCc1cn(C2CCCCNC2=O)nn1. The molecular formula is C15H25N5O2. The maximum Gasteiger partial charge on any atom is 0.244 e. The lowest BCUT2D eigenvalue weighted by atomic mass is 10.0. The second-order valence-electron chi connectivity index (χ2n) is 5.72. The van der Waals surface area contributed by atoms with Crippen LogP contribution in [0.25, 0.3) is 0 Å². The van der Waals surface area contributed by atoms with Crippen LogP contribution in [0.15, 0.2) is 6.20 Å². The Hall–Kier alpha value is -1.92. The highest BCUT2D eigenvalue weighted by molar-refractivity contribution is 5.80. The second-order valence-corrected chi connectivity index (χ2v) is 5.72. The summed E-state index contributed by atoms with van der Waals surface area (Å²) in [5.74, 6) is 0.0875. The van der Waals surface area contributed by atoms with Crippen molar-refractivity contribution >= 4 is 11.8 Å². The summed E-state index contributed by atoms with van der Waals surface area (Å²) in [4.78, 5) is 23.9. The average Bonchev–Trinajstić information content (AvgIpc) is 2.88. The lowest BCUT2D eigenvalue weighted by Gasteiger charge is -2.12. The van der Waals surface area contributed by atoms with Crippen LogP contribution in [0.4, 0.5) is 0 Å². The van der Waals surface area contributed by atoms with Crippen molar-refractivity contribution in [2.75, 3.05) is 6.54 Å². The van der Waals surface area contributed by atoms with Gasteiger partial charge in [-0.15, -0.1) is 5.10 Å². The summed E-state index contributed by atoms with van der Waals surface area (Å²) in [6, 6.07) is -0.293. The number of carbonyl (C=O) groups is 2. The highest BCUT2D eigenvalue weighted by Crippen LogP contribution is 2.17. The summed E-state index contributed by atoms with van der Waals surface area (Å²) in [5.41, 5.74) is 0.677. The fourth-order valence-corrected chi connectivity index (χ4v) is 2.70. The molecule has 1 saturated heterocycles. The number of hydrogen-bond donors (Lipinski definition) is 2. The van der Waals surface area contributed by atoms with Crippen molar-refractivity contribution in [2.45, 2.75) is 58.5 Å². The lowest BCUT2D eigenvalue weighted by Crippen LogP contribution is -2.31. The molecule has 2 N–H and O–H groups in total. The number of amides is 2. The summed E-state index contributed by atoms with van der Waals surface area (Å²) < 4.78 is 1.61. The third kappa shape index (κ3) is 4.05. The van der Waals surface area contributed by atoms with E-state index in [0.717, 1.165) is 38.6 Å². The van der Waals surface area contributed by atoms with Gasteiger partial charge in [-0.2, -0.15) is 0 Å². The van der Waals surface area contributed by atoms with Crippen LogP contribution in [-0.2, 0) is 16.1 Å². The first-order chi connectivity index (χ1) is 10.7. The van der Waals surface area contributed by atoms with Gasteiger partial charge in [0, 0.05) is 12.5 Å². The third-order valence-corrected chi connectivity index (χ3v) is 4.18. The van der Waals surface area contributed by atoms with Gasteiger partial charge in [0.2, 0.25) is 11.8 Å². The highest BCUT2D eigenvalue weighted by atomic mass is 16.2. The minimum Gasteiger partial charge on any atom is -0.354 e. The Morgan fingerprint density at radius 3 is 2.95 bits per heavy atom. The quantitative estimate of drug-likeness (QED) is 0.825. The first-order valence-corrected chi connectivity index (χ1v) is 8.11. The second kappa shape index (κ2) is 7.91. The number of rotatable bonds is 6. The Morgan fingerprint density at radius 1 is 1.45 bits per heavy atom. The molecule has 1 aromatic rings. The van der Waals surface area contributed by atoms with E-state index in [0.29, 0.717) is 12.2 Å². The number of aromatic nitrogens is 3. The smallest absolute Gasteiger partial charge is 0.244 e. The minimum atomic E-state index is -0.293. The molecule has 1 aromatic heterocycles. The van der Waals surface area contributed by atoms with Gasteiger partial charge in [0.1, 0.15) is 11.7 Å². The average molecular weight is 307 g/mol. The molecule has 0 radical (unpaired) electrons. The Balaban J connectivity index is 1.93. The topological polar surface area (TPSA) is 88.9 Å². The van der Waals surface area contributed by atoms with E-state index in [1.807, 2.05) is 13.8 Å². The molecule has 1 unspecified atom stereocenters. The van der Waals surface area contributed by atoms with Crippen LogP contribution < -0.4 is 10.6 Å². The molecule has 1 aliphatic rings. The van der Waals surface area contributed by atoms with Crippen LogP contribution in [0.3, 0.4) is 0 Å². The Kier molecular flexibility index (Phi) is 5.91. The van der Waals surface area contributed by atoms with Gasteiger partial charge in [-0.3, -0.25) is 9.59 Å². The van der Waals surface area contributed by atoms with Gasteiger partial charge in [0.15, 0.2) is 0 Å². The van der Waals surface area contributed by atoms with Crippen molar-refractivity contribution in [1.29, 1.82) is 0 Å². The van der Waals surface area contributed by atoms with Crippen molar-refractivity contribution in [1.82, 2.24) is 25.6 Å². The molecule has 1 atom stereocenters. The predicted molar refractivity (Wildman–Crippen MR) is 81.8 cm³/mol. The van der Waals surface area contributed by atoms with E-state index in [1.165, 1.54) is 0 Å². The summed E-state index contributed by atoms with van der Waals surface area (Å²) >= 11 is 0. The number of nitrogens with zero attached hydrogens (tertiary/aromatic N) is 3. The van der Waals surface area contributed by atoms with Crippen LogP contribution in [0, 0.1) is 5.92 Å². The maximum atomic E-state index is 12.0. The van der Waals surface area contributed by atoms with Gasteiger partial charge in [-0.1, -0.05) is 19.1 Å². The molecule has 0 bridgehead atoms. The molecule has 1 fully saturated rings. The lowest BCUT2D eigenvalue weighted by molar-refractivity contribution is -0.125. The van der Waals surface area contributed by atoms with Crippen LogP contribution in [-0.4, -0.2) is 33.4 Å². The van der Waals surface area contributed by atoms with Crippen molar-refractivity contribution < 1.29 is 9.59 Å². The zero-order valence-corrected chi connectivity index (χ0v) is 13.3. The van der Waals surface area contributed by atoms with Crippen LogP contribution in [0.1, 0.15) is 57.7 Å². The van der Waals surface area contributed by atoms with Crippen molar-refractivity contribution in [3.63, 3.8) is 0 Å². The molecule has 22 heavy (non-hydrogen) atoms. The van der Waals surface area contributed by atoms with Crippen LogP contribution >= 0.6 is 0 Å². The molecule has 7 nitrogen and oxygen atoms in total. The van der Waals surface area contributed by atoms with Gasteiger partial charge in [-0.05, 0) is 32.1 Å². The van der Waals surface area contributed by atoms with E-state index >= 15 is 0 Å². The molecule has 2 amide bonds. The molecule has 122 valence electrons. The monoisotopic (exact) mass is 307 g/mol. The molecular weight excluding hydrogens is 282 g/mol. The summed E-state index contributed by atoms with van der Waals surface area (Å²) in [7, 11) is 0. The van der Waals surface area contributed by atoms with Crippen molar-refractivity contribution in [3.05, 3.63) is 11.9 Å². The predicted octanol–water partition coefficient (Wildman–Crippen LogP) is 1.17. The fraction of sp³-hybridized carbons (Fsp3) is 0.733. The number of hydrogen-bond acceptors (Lipinski definition) is 4. The molecule has 0 aromatic carbocycles. The molecule has 0 saturated carbocycles. The van der Waals surface area contributed by atoms with E-state index in [2.05, 4.69) is 20.9 Å². The first-order valence-electron chi connectivity index (χ1n) is 8.11. The van der Waals surface area contributed by atoms with Gasteiger partial charge in [-0.25, -0.2) is 4.68 Å². The molecule has 0 spiro atoms. The largest absolute Gasteiger partial charge is 0.354 e. The normalized spacial score (nSPS) is 18.9. The van der Waals surface area contributed by atoms with Gasteiger partial charge < -0.3 is 10.6 Å². The summed E-state index contributed by atoms with van der Waals surface area (Å²) in [5, 5.41) is 13.9. The van der Waals surface area contributed by atoms with E-state index in [9.17, 15) is 9.59 Å². The van der Waals surface area contributed by atoms with E-state index < -0.39 is 0 Å². The maximum absolute atomic E-state index is 12.0. The molecule has 0 aliphatic carbocycles. The summed E-state index contributed by atoms with van der Waals surface area (Å²) in [6.45, 7) is 5.09. The van der Waals surface area contributed by atoms with E-state index in [4.69, 9.17) is 0 Å². The van der Waals surface area contributed by atoms with Gasteiger partial charge in [0.05, 0.1) is 12.7 Å². The fourth-order valence-electron chi connectivity index (χ4n) is 2.70. The highest BCUT2D eigenvalue weighted by Gasteiger charge is 2.23. The van der Waals surface area contributed by atoms with Crippen LogP contribution in [0.2, 0.25) is 0 Å². The summed E-state index contributed by atoms with van der Waals surface area (Å²) in [6.07, 6.45) is 6.17. The van der Waals surface area contributed by atoms with E-state index in [1.54, 1.807) is 10.9 Å². The molecule has 7 heteroatoms. The Bertz CT molecular complexity index is 510. The van der Waals surface area contributed by atoms with E-state index in [-0.39, 0.29) is 23.8 Å². The minimum absolute atomic E-state index is 0.00462. The number of carbonyl (C=O) groups excluding carboxylic acids is 2. The number of nitrogens with one attached hydrogen (secondary N) is 2. The van der Waals surface area contributed by atoms with Crippen molar-refractivity contribution in [3.8, 4) is 0 Å². The standard InChI is InChI=1S/C15H25N5O2/c1-3-11(4-2)14(21)17-9-12-10-20(19-18-12)13-7-5-6-8-16-15(13)22/h10-11,13H,3-9H2,1-2H3,(H,16,22)(H,17,21). The molecule has 2 rings (SSSR count). The third-order valence-electron chi connectivity index (χ3n) is 4.18. The zero-order chi connectivity index (χ0) is 15.9. The first kappa shape index (κ1) is 16.5. The van der Waals surface area contributed by atoms with Gasteiger partial charge >= 0.3 is 0 Å². The van der Waals surface area contributed by atoms with Crippen molar-refractivity contribution in [2.24, 2.45) is 5.92 Å². The zero-order valence-electron chi connectivity index (χ0n) is 13.3. The van der Waals surface area contributed by atoms with Crippen LogP contribution in [0.5, 0.6) is 0 Å². The Labute approximate surface area is 130 Å². The molecule has 2 heterocycles.